The van der Waals surface area contributed by atoms with Crippen LogP contribution in [0.1, 0.15) is 16.7 Å². The number of guanidine groups is 1. The van der Waals surface area contributed by atoms with Crippen molar-refractivity contribution >= 4 is 29.9 Å². The van der Waals surface area contributed by atoms with Crippen molar-refractivity contribution in [2.75, 3.05) is 34.4 Å². The Morgan fingerprint density at radius 3 is 2.57 bits per heavy atom. The van der Waals surface area contributed by atoms with Crippen LogP contribution in [0, 0.1) is 0 Å². The molecule has 2 aromatic rings. The molecule has 0 spiro atoms. The van der Waals surface area contributed by atoms with Crippen molar-refractivity contribution in [2.24, 2.45) is 4.99 Å². The summed E-state index contributed by atoms with van der Waals surface area (Å²) in [5.74, 6) is 3.25. The van der Waals surface area contributed by atoms with Gasteiger partial charge in [0.2, 0.25) is 0 Å². The zero-order chi connectivity index (χ0) is 19.1. The Balaban J connectivity index is 0.00000280. The van der Waals surface area contributed by atoms with E-state index in [-0.39, 0.29) is 24.0 Å². The summed E-state index contributed by atoms with van der Waals surface area (Å²) in [7, 11) is 5.05. The van der Waals surface area contributed by atoms with Crippen molar-refractivity contribution in [3.8, 4) is 17.2 Å². The molecule has 7 heteroatoms. The summed E-state index contributed by atoms with van der Waals surface area (Å²) < 4.78 is 16.2. The molecule has 0 aliphatic carbocycles. The van der Waals surface area contributed by atoms with Crippen LogP contribution in [0.15, 0.2) is 41.4 Å². The van der Waals surface area contributed by atoms with Gasteiger partial charge in [0.25, 0.3) is 0 Å². The van der Waals surface area contributed by atoms with E-state index in [1.165, 1.54) is 11.1 Å². The summed E-state index contributed by atoms with van der Waals surface area (Å²) in [4.78, 5) is 4.29. The Kier molecular flexibility index (Phi) is 8.69. The topological polar surface area (TPSA) is 64.1 Å². The minimum Gasteiger partial charge on any atom is -0.493 e. The van der Waals surface area contributed by atoms with Crippen LogP contribution in [-0.2, 0) is 19.4 Å². The Hall–Kier alpha value is -2.16. The van der Waals surface area contributed by atoms with E-state index in [0.717, 1.165) is 54.8 Å². The Labute approximate surface area is 183 Å². The monoisotopic (exact) mass is 497 g/mol. The first-order valence-electron chi connectivity index (χ1n) is 9.13. The van der Waals surface area contributed by atoms with E-state index >= 15 is 0 Å². The fourth-order valence-electron chi connectivity index (χ4n) is 3.12. The zero-order valence-corrected chi connectivity index (χ0v) is 18.9. The van der Waals surface area contributed by atoms with Gasteiger partial charge in [0.15, 0.2) is 17.5 Å². The Morgan fingerprint density at radius 1 is 1.04 bits per heavy atom. The maximum atomic E-state index is 5.56. The molecule has 0 fully saturated rings. The maximum Gasteiger partial charge on any atom is 0.191 e. The number of rotatable bonds is 7. The molecule has 28 heavy (non-hydrogen) atoms. The number of hydrogen-bond donors (Lipinski definition) is 2. The summed E-state index contributed by atoms with van der Waals surface area (Å²) >= 11 is 0. The maximum absolute atomic E-state index is 5.56. The van der Waals surface area contributed by atoms with Crippen LogP contribution in [-0.4, -0.2) is 40.4 Å². The van der Waals surface area contributed by atoms with E-state index in [1.807, 2.05) is 18.2 Å². The summed E-state index contributed by atoms with van der Waals surface area (Å²) in [5.41, 5.74) is 3.71. The molecule has 2 aromatic carbocycles. The average Bonchev–Trinajstić information content (AvgIpc) is 3.18. The summed E-state index contributed by atoms with van der Waals surface area (Å²) in [6.07, 6.45) is 1.94. The molecule has 0 amide bonds. The van der Waals surface area contributed by atoms with Gasteiger partial charge in [-0.25, -0.2) is 0 Å². The second kappa shape index (κ2) is 11.0. The van der Waals surface area contributed by atoms with Gasteiger partial charge in [0.05, 0.1) is 20.8 Å². The third-order valence-corrected chi connectivity index (χ3v) is 4.59. The van der Waals surface area contributed by atoms with E-state index in [9.17, 15) is 0 Å². The van der Waals surface area contributed by atoms with Crippen molar-refractivity contribution in [2.45, 2.75) is 19.4 Å². The highest BCUT2D eigenvalue weighted by Crippen LogP contribution is 2.27. The standard InChI is InChI=1S/C21H27N3O3.HI/c1-22-21(24-14-16-5-7-19(25-2)20(13-16)26-3)23-10-8-15-4-6-18-17(12-15)9-11-27-18;/h4-7,12-13H,8-11,14H2,1-3H3,(H2,22,23,24);1H. The second-order valence-corrected chi connectivity index (χ2v) is 6.33. The largest absolute Gasteiger partial charge is 0.493 e. The van der Waals surface area contributed by atoms with Gasteiger partial charge in [-0.1, -0.05) is 18.2 Å². The van der Waals surface area contributed by atoms with Gasteiger partial charge in [-0.05, 0) is 41.3 Å². The van der Waals surface area contributed by atoms with Gasteiger partial charge in [-0.3, -0.25) is 4.99 Å². The number of methoxy groups -OCH3 is 2. The molecule has 0 radical (unpaired) electrons. The van der Waals surface area contributed by atoms with E-state index in [1.54, 1.807) is 21.3 Å². The van der Waals surface area contributed by atoms with Crippen LogP contribution < -0.4 is 24.8 Å². The minimum absolute atomic E-state index is 0. The lowest BCUT2D eigenvalue weighted by Gasteiger charge is -2.14. The average molecular weight is 497 g/mol. The molecule has 1 heterocycles. The fourth-order valence-corrected chi connectivity index (χ4v) is 3.12. The number of benzene rings is 2. The lowest BCUT2D eigenvalue weighted by Crippen LogP contribution is -2.37. The van der Waals surface area contributed by atoms with Gasteiger partial charge in [0.1, 0.15) is 5.75 Å². The van der Waals surface area contributed by atoms with Gasteiger partial charge >= 0.3 is 0 Å². The first kappa shape index (κ1) is 22.1. The fraction of sp³-hybridized carbons (Fsp3) is 0.381. The lowest BCUT2D eigenvalue weighted by atomic mass is 10.1. The van der Waals surface area contributed by atoms with Gasteiger partial charge in [-0.2, -0.15) is 0 Å². The molecule has 0 atom stereocenters. The number of nitrogens with one attached hydrogen (secondary N) is 2. The molecule has 6 nitrogen and oxygen atoms in total. The zero-order valence-electron chi connectivity index (χ0n) is 16.6. The summed E-state index contributed by atoms with van der Waals surface area (Å²) in [5, 5.41) is 6.68. The van der Waals surface area contributed by atoms with E-state index in [4.69, 9.17) is 14.2 Å². The summed E-state index contributed by atoms with van der Waals surface area (Å²) in [6.45, 7) is 2.26. The molecular weight excluding hydrogens is 469 g/mol. The van der Waals surface area contributed by atoms with Crippen molar-refractivity contribution in [3.63, 3.8) is 0 Å². The lowest BCUT2D eigenvalue weighted by molar-refractivity contribution is 0.354. The third-order valence-electron chi connectivity index (χ3n) is 4.59. The third kappa shape index (κ3) is 5.67. The highest BCUT2D eigenvalue weighted by molar-refractivity contribution is 14.0. The highest BCUT2D eigenvalue weighted by Gasteiger charge is 2.11. The molecule has 0 saturated heterocycles. The predicted molar refractivity (Wildman–Crippen MR) is 123 cm³/mol. The molecule has 0 bridgehead atoms. The number of halogens is 1. The Bertz CT molecular complexity index is 811. The molecule has 0 aromatic heterocycles. The number of hydrogen-bond acceptors (Lipinski definition) is 4. The quantitative estimate of drug-likeness (QED) is 0.350. The van der Waals surface area contributed by atoms with E-state index < -0.39 is 0 Å². The van der Waals surface area contributed by atoms with Crippen LogP contribution in [0.3, 0.4) is 0 Å². The van der Waals surface area contributed by atoms with Crippen molar-refractivity contribution in [1.82, 2.24) is 10.6 Å². The normalized spacial score (nSPS) is 12.5. The molecule has 0 unspecified atom stereocenters. The molecule has 3 rings (SSSR count). The Morgan fingerprint density at radius 2 is 1.82 bits per heavy atom. The molecule has 0 saturated carbocycles. The number of nitrogens with zero attached hydrogens (tertiary/aromatic N) is 1. The molecule has 2 N–H and O–H groups in total. The molecule has 1 aliphatic rings. The van der Waals surface area contributed by atoms with Crippen LogP contribution >= 0.6 is 24.0 Å². The molecule has 152 valence electrons. The number of fused-ring (bicyclic) bond motifs is 1. The first-order chi connectivity index (χ1) is 13.2. The smallest absolute Gasteiger partial charge is 0.191 e. The van der Waals surface area contributed by atoms with Gasteiger partial charge < -0.3 is 24.8 Å². The number of ether oxygens (including phenoxy) is 3. The van der Waals surface area contributed by atoms with E-state index in [2.05, 4.69) is 33.8 Å². The van der Waals surface area contributed by atoms with Gasteiger partial charge in [0, 0.05) is 26.6 Å². The van der Waals surface area contributed by atoms with Crippen LogP contribution in [0.4, 0.5) is 0 Å². The first-order valence-corrected chi connectivity index (χ1v) is 9.13. The van der Waals surface area contributed by atoms with Crippen molar-refractivity contribution in [3.05, 3.63) is 53.1 Å². The van der Waals surface area contributed by atoms with Gasteiger partial charge in [-0.15, -0.1) is 24.0 Å². The molecular formula is C21H28IN3O3. The van der Waals surface area contributed by atoms with Crippen LogP contribution in [0.5, 0.6) is 17.2 Å². The second-order valence-electron chi connectivity index (χ2n) is 6.33. The van der Waals surface area contributed by atoms with Crippen LogP contribution in [0.25, 0.3) is 0 Å². The SMILES string of the molecule is CN=C(NCCc1ccc2c(c1)CCO2)NCc1ccc(OC)c(OC)c1.I. The minimum atomic E-state index is 0. The molecule has 1 aliphatic heterocycles. The van der Waals surface area contributed by atoms with E-state index in [0.29, 0.717) is 6.54 Å². The summed E-state index contributed by atoms with van der Waals surface area (Å²) in [6, 6.07) is 12.3. The van der Waals surface area contributed by atoms with Crippen molar-refractivity contribution < 1.29 is 14.2 Å². The highest BCUT2D eigenvalue weighted by atomic mass is 127. The van der Waals surface area contributed by atoms with Crippen molar-refractivity contribution in [1.29, 1.82) is 0 Å². The van der Waals surface area contributed by atoms with Crippen LogP contribution in [0.2, 0.25) is 0 Å². The predicted octanol–water partition coefficient (Wildman–Crippen LogP) is 3.16. The number of aliphatic imine (C=N–C) groups is 1.